The lowest BCUT2D eigenvalue weighted by Gasteiger charge is -2.09. The molecule has 0 aliphatic rings. The third-order valence-corrected chi connectivity index (χ3v) is 3.39. The zero-order chi connectivity index (χ0) is 15.0. The molecule has 0 aliphatic heterocycles. The fourth-order valence-corrected chi connectivity index (χ4v) is 2.49. The Hall–Kier alpha value is -2.43. The Morgan fingerprint density at radius 3 is 2.52 bits per heavy atom. The van der Waals surface area contributed by atoms with Crippen LogP contribution in [-0.2, 0) is 6.54 Å². The van der Waals surface area contributed by atoms with Crippen LogP contribution in [0, 0.1) is 11.6 Å². The number of aryl methyl sites for hydroxylation is 1. The molecule has 5 heteroatoms. The molecule has 1 heterocycles. The molecule has 1 aromatic heterocycles. The van der Waals surface area contributed by atoms with Crippen LogP contribution in [0.25, 0.3) is 22.4 Å². The lowest BCUT2D eigenvalue weighted by atomic mass is 10.1. The summed E-state index contributed by atoms with van der Waals surface area (Å²) in [5, 5.41) is 9.94. The predicted molar refractivity (Wildman–Crippen MR) is 77.0 cm³/mol. The van der Waals surface area contributed by atoms with Crippen LogP contribution in [-0.4, -0.2) is 14.7 Å². The zero-order valence-electron chi connectivity index (χ0n) is 11.5. The maximum absolute atomic E-state index is 14.1. The molecule has 0 fully saturated rings. The number of benzene rings is 2. The van der Waals surface area contributed by atoms with Crippen LogP contribution >= 0.6 is 0 Å². The van der Waals surface area contributed by atoms with Gasteiger partial charge in [0, 0.05) is 6.54 Å². The maximum atomic E-state index is 14.1. The van der Waals surface area contributed by atoms with Crippen molar-refractivity contribution in [3.63, 3.8) is 0 Å². The normalized spacial score (nSPS) is 11.2. The Balaban J connectivity index is 2.37. The van der Waals surface area contributed by atoms with Gasteiger partial charge in [-0.1, -0.05) is 19.1 Å². The quantitative estimate of drug-likeness (QED) is 0.788. The van der Waals surface area contributed by atoms with Crippen LogP contribution in [0.2, 0.25) is 0 Å². The molecule has 3 aromatic rings. The second-order valence-corrected chi connectivity index (χ2v) is 4.83. The number of nitrogens with zero attached hydrogens (tertiary/aromatic N) is 2. The van der Waals surface area contributed by atoms with Crippen LogP contribution in [0.4, 0.5) is 8.78 Å². The molecule has 0 atom stereocenters. The number of imidazole rings is 1. The standard InChI is InChI=1S/C16H14F2N2O/c1-2-9-20-12-7-3-6-11(18)15(12)19-16(20)14-10(17)5-4-8-13(14)21/h3-8,21H,2,9H2,1H3. The van der Waals surface area contributed by atoms with Crippen LogP contribution in [0.1, 0.15) is 13.3 Å². The molecule has 0 amide bonds. The number of fused-ring (bicyclic) bond motifs is 1. The van der Waals surface area contributed by atoms with Gasteiger partial charge in [0.05, 0.1) is 11.1 Å². The molecule has 0 bridgehead atoms. The summed E-state index contributed by atoms with van der Waals surface area (Å²) in [6, 6.07) is 8.71. The molecule has 0 saturated heterocycles. The van der Waals surface area contributed by atoms with Gasteiger partial charge in [-0.2, -0.15) is 0 Å². The van der Waals surface area contributed by atoms with E-state index in [0.717, 1.165) is 6.42 Å². The van der Waals surface area contributed by atoms with E-state index in [-0.39, 0.29) is 22.7 Å². The summed E-state index contributed by atoms with van der Waals surface area (Å²) in [6.45, 7) is 2.53. The second kappa shape index (κ2) is 5.16. The average Bonchev–Trinajstić information content (AvgIpc) is 2.80. The first kappa shape index (κ1) is 13.5. The van der Waals surface area contributed by atoms with Crippen molar-refractivity contribution in [2.45, 2.75) is 19.9 Å². The van der Waals surface area contributed by atoms with Gasteiger partial charge >= 0.3 is 0 Å². The van der Waals surface area contributed by atoms with Gasteiger partial charge in [-0.15, -0.1) is 0 Å². The number of phenols is 1. The van der Waals surface area contributed by atoms with Gasteiger partial charge in [0.2, 0.25) is 0 Å². The van der Waals surface area contributed by atoms with Crippen LogP contribution in [0.5, 0.6) is 5.75 Å². The van der Waals surface area contributed by atoms with Crippen molar-refractivity contribution in [1.82, 2.24) is 9.55 Å². The molecule has 3 rings (SSSR count). The van der Waals surface area contributed by atoms with Gasteiger partial charge in [-0.25, -0.2) is 13.8 Å². The predicted octanol–water partition coefficient (Wildman–Crippen LogP) is 4.10. The summed E-state index contributed by atoms with van der Waals surface area (Å²) in [5.41, 5.74) is 0.777. The fourth-order valence-electron chi connectivity index (χ4n) is 2.49. The van der Waals surface area contributed by atoms with Crippen molar-refractivity contribution in [3.05, 3.63) is 48.0 Å². The van der Waals surface area contributed by atoms with Crippen molar-refractivity contribution in [1.29, 1.82) is 0 Å². The van der Waals surface area contributed by atoms with E-state index in [1.807, 2.05) is 6.92 Å². The number of hydrogen-bond acceptors (Lipinski definition) is 2. The minimum atomic E-state index is -0.580. The lowest BCUT2D eigenvalue weighted by Crippen LogP contribution is -2.01. The van der Waals surface area contributed by atoms with E-state index in [0.29, 0.717) is 12.1 Å². The van der Waals surface area contributed by atoms with E-state index in [2.05, 4.69) is 4.98 Å². The van der Waals surface area contributed by atoms with E-state index in [1.165, 1.54) is 24.3 Å². The summed E-state index contributed by atoms with van der Waals surface area (Å²) in [7, 11) is 0. The summed E-state index contributed by atoms with van der Waals surface area (Å²) in [6.07, 6.45) is 0.782. The summed E-state index contributed by atoms with van der Waals surface area (Å²) in [4.78, 5) is 4.21. The first-order valence-corrected chi connectivity index (χ1v) is 6.76. The van der Waals surface area contributed by atoms with Crippen molar-refractivity contribution in [2.75, 3.05) is 0 Å². The monoisotopic (exact) mass is 288 g/mol. The van der Waals surface area contributed by atoms with Crippen LogP contribution < -0.4 is 0 Å². The molecule has 0 saturated carbocycles. The highest BCUT2D eigenvalue weighted by molar-refractivity contribution is 5.82. The number of para-hydroxylation sites is 1. The van der Waals surface area contributed by atoms with Gasteiger partial charge in [0.15, 0.2) is 5.82 Å². The van der Waals surface area contributed by atoms with Crippen molar-refractivity contribution < 1.29 is 13.9 Å². The average molecular weight is 288 g/mol. The minimum Gasteiger partial charge on any atom is -0.507 e. The minimum absolute atomic E-state index is 0.00144. The van der Waals surface area contributed by atoms with Crippen LogP contribution in [0.15, 0.2) is 36.4 Å². The molecule has 0 radical (unpaired) electrons. The Morgan fingerprint density at radius 1 is 1.10 bits per heavy atom. The number of aromatic hydroxyl groups is 1. The van der Waals surface area contributed by atoms with Crippen molar-refractivity contribution in [3.8, 4) is 17.1 Å². The van der Waals surface area contributed by atoms with E-state index in [4.69, 9.17) is 0 Å². The van der Waals surface area contributed by atoms with Crippen molar-refractivity contribution >= 4 is 11.0 Å². The molecule has 3 nitrogen and oxygen atoms in total. The molecular formula is C16H14F2N2O. The van der Waals surface area contributed by atoms with Crippen molar-refractivity contribution in [2.24, 2.45) is 0 Å². The second-order valence-electron chi connectivity index (χ2n) is 4.83. The fraction of sp³-hybridized carbons (Fsp3) is 0.188. The molecule has 1 N–H and O–H groups in total. The summed E-state index contributed by atoms with van der Waals surface area (Å²) >= 11 is 0. The SMILES string of the molecule is CCCn1c(-c2c(O)cccc2F)nc2c(F)cccc21. The third kappa shape index (κ3) is 2.14. The molecular weight excluding hydrogens is 274 g/mol. The first-order chi connectivity index (χ1) is 10.1. The van der Waals surface area contributed by atoms with E-state index < -0.39 is 11.6 Å². The number of hydrogen-bond donors (Lipinski definition) is 1. The smallest absolute Gasteiger partial charge is 0.151 e. The number of aromatic nitrogens is 2. The summed E-state index contributed by atoms with van der Waals surface area (Å²) < 4.78 is 29.7. The van der Waals surface area contributed by atoms with Gasteiger partial charge < -0.3 is 9.67 Å². The Morgan fingerprint density at radius 2 is 1.81 bits per heavy atom. The lowest BCUT2D eigenvalue weighted by molar-refractivity contribution is 0.470. The highest BCUT2D eigenvalue weighted by atomic mass is 19.1. The molecule has 0 aliphatic carbocycles. The summed E-state index contributed by atoms with van der Waals surface area (Å²) in [5.74, 6) is -1.00. The zero-order valence-corrected chi connectivity index (χ0v) is 11.5. The number of rotatable bonds is 3. The van der Waals surface area contributed by atoms with Crippen LogP contribution in [0.3, 0.4) is 0 Å². The molecule has 0 spiro atoms. The van der Waals surface area contributed by atoms with Gasteiger partial charge in [-0.3, -0.25) is 0 Å². The highest BCUT2D eigenvalue weighted by Crippen LogP contribution is 2.34. The Bertz CT molecular complexity index is 791. The van der Waals surface area contributed by atoms with E-state index in [9.17, 15) is 13.9 Å². The van der Waals surface area contributed by atoms with Gasteiger partial charge in [0.1, 0.15) is 22.9 Å². The Kier molecular flexibility index (Phi) is 3.33. The number of phenolic OH excluding ortho intramolecular Hbond substituents is 1. The molecule has 21 heavy (non-hydrogen) atoms. The topological polar surface area (TPSA) is 38.0 Å². The maximum Gasteiger partial charge on any atom is 0.151 e. The van der Waals surface area contributed by atoms with E-state index >= 15 is 0 Å². The molecule has 2 aromatic carbocycles. The number of halogens is 2. The highest BCUT2D eigenvalue weighted by Gasteiger charge is 2.20. The molecule has 108 valence electrons. The largest absolute Gasteiger partial charge is 0.507 e. The van der Waals surface area contributed by atoms with E-state index in [1.54, 1.807) is 16.7 Å². The third-order valence-electron chi connectivity index (χ3n) is 3.39. The molecule has 0 unspecified atom stereocenters. The van der Waals surface area contributed by atoms with Gasteiger partial charge in [-0.05, 0) is 30.7 Å². The first-order valence-electron chi connectivity index (χ1n) is 6.76. The Labute approximate surface area is 120 Å². The van der Waals surface area contributed by atoms with Gasteiger partial charge in [0.25, 0.3) is 0 Å².